The van der Waals surface area contributed by atoms with Crippen molar-refractivity contribution >= 4 is 22.7 Å². The summed E-state index contributed by atoms with van der Waals surface area (Å²) in [5.41, 5.74) is 1.13. The molecule has 0 aliphatic carbocycles. The normalized spacial score (nSPS) is 13.7. The Morgan fingerprint density at radius 1 is 1.31 bits per heavy atom. The fraction of sp³-hybridized carbons (Fsp3) is 0.455. The van der Waals surface area contributed by atoms with Crippen LogP contribution in [0.25, 0.3) is 0 Å². The molecule has 1 aromatic carbocycles. The number of aryl methyl sites for hydroxylation is 1. The lowest BCUT2D eigenvalue weighted by Crippen LogP contribution is -2.28. The quantitative estimate of drug-likeness (QED) is 0.793. The van der Waals surface area contributed by atoms with Crippen LogP contribution in [0.3, 0.4) is 0 Å². The Morgan fingerprint density at radius 2 is 1.88 bits per heavy atom. The Kier molecular flexibility index (Phi) is 4.83. The third kappa shape index (κ3) is 3.81. The molecule has 0 saturated heterocycles. The number of sulfonamides is 1. The van der Waals surface area contributed by atoms with Gasteiger partial charge in [-0.3, -0.25) is 0 Å². The Bertz CT molecular complexity index is 424. The molecule has 0 amide bonds. The first-order valence-electron chi connectivity index (χ1n) is 5.22. The van der Waals surface area contributed by atoms with Crippen molar-refractivity contribution in [3.8, 4) is 0 Å². The number of nitrogens with one attached hydrogen (secondary N) is 1. The molecular weight excluding hydrogens is 242 g/mol. The minimum Gasteiger partial charge on any atom is -0.210 e. The predicted octanol–water partition coefficient (Wildman–Crippen LogP) is 1.85. The van der Waals surface area contributed by atoms with Crippen molar-refractivity contribution in [3.05, 3.63) is 29.8 Å². The minimum absolute atomic E-state index is 0.00434. The lowest BCUT2D eigenvalue weighted by Gasteiger charge is -2.08. The van der Waals surface area contributed by atoms with Gasteiger partial charge in [-0.25, -0.2) is 13.1 Å². The number of hydrogen-bond donors (Lipinski definition) is 2. The molecule has 1 rings (SSSR count). The van der Waals surface area contributed by atoms with Crippen LogP contribution in [0.4, 0.5) is 0 Å². The van der Waals surface area contributed by atoms with E-state index in [1.54, 1.807) is 12.1 Å². The number of benzene rings is 1. The van der Waals surface area contributed by atoms with Crippen molar-refractivity contribution in [1.82, 2.24) is 4.72 Å². The molecule has 1 N–H and O–H groups in total. The van der Waals surface area contributed by atoms with Crippen LogP contribution >= 0.6 is 12.6 Å². The van der Waals surface area contributed by atoms with Gasteiger partial charge in [-0.05, 0) is 24.1 Å². The summed E-state index contributed by atoms with van der Waals surface area (Å²) in [7, 11) is -3.38. The average Bonchev–Trinajstić information content (AvgIpc) is 2.27. The van der Waals surface area contributed by atoms with Gasteiger partial charge in [0, 0.05) is 11.8 Å². The van der Waals surface area contributed by atoms with E-state index in [1.807, 2.05) is 26.0 Å². The smallest absolute Gasteiger partial charge is 0.210 e. The molecule has 3 nitrogen and oxygen atoms in total. The highest BCUT2D eigenvalue weighted by atomic mass is 32.2. The highest BCUT2D eigenvalue weighted by Crippen LogP contribution is 2.11. The molecule has 0 saturated carbocycles. The third-order valence-electron chi connectivity index (χ3n) is 2.21. The van der Waals surface area contributed by atoms with Crippen LogP contribution in [0.15, 0.2) is 29.2 Å². The number of rotatable bonds is 5. The van der Waals surface area contributed by atoms with E-state index in [9.17, 15) is 8.42 Å². The molecule has 0 heterocycles. The Balaban J connectivity index is 2.82. The van der Waals surface area contributed by atoms with Crippen molar-refractivity contribution in [3.63, 3.8) is 0 Å². The van der Waals surface area contributed by atoms with Gasteiger partial charge in [0.15, 0.2) is 0 Å². The van der Waals surface area contributed by atoms with E-state index in [2.05, 4.69) is 17.4 Å². The highest BCUT2D eigenvalue weighted by Gasteiger charge is 2.13. The Hall–Kier alpha value is -0.520. The van der Waals surface area contributed by atoms with Gasteiger partial charge < -0.3 is 0 Å². The Morgan fingerprint density at radius 3 is 2.31 bits per heavy atom. The van der Waals surface area contributed by atoms with Crippen LogP contribution in [-0.4, -0.2) is 20.2 Å². The standard InChI is InChI=1S/C11H17NO2S2/c1-3-10-4-6-11(7-5-10)16(13,14)12-8-9(2)15/h4-7,9,12,15H,3,8H2,1-2H3. The molecule has 1 aromatic rings. The van der Waals surface area contributed by atoms with E-state index in [0.29, 0.717) is 11.4 Å². The van der Waals surface area contributed by atoms with Gasteiger partial charge in [-0.1, -0.05) is 26.0 Å². The van der Waals surface area contributed by atoms with Crippen LogP contribution in [0.2, 0.25) is 0 Å². The van der Waals surface area contributed by atoms with Gasteiger partial charge in [-0.2, -0.15) is 12.6 Å². The van der Waals surface area contributed by atoms with Crippen molar-refractivity contribution in [1.29, 1.82) is 0 Å². The second-order valence-corrected chi connectivity index (χ2v) is 6.35. The second-order valence-electron chi connectivity index (χ2n) is 3.70. The Labute approximate surface area is 103 Å². The van der Waals surface area contributed by atoms with Crippen molar-refractivity contribution < 1.29 is 8.42 Å². The SMILES string of the molecule is CCc1ccc(S(=O)(=O)NCC(C)S)cc1. The summed E-state index contributed by atoms with van der Waals surface area (Å²) in [5.74, 6) is 0. The minimum atomic E-state index is -3.38. The molecule has 0 radical (unpaired) electrons. The van der Waals surface area contributed by atoms with Crippen molar-refractivity contribution in [2.24, 2.45) is 0 Å². The average molecular weight is 259 g/mol. The van der Waals surface area contributed by atoms with Crippen molar-refractivity contribution in [2.45, 2.75) is 30.4 Å². The highest BCUT2D eigenvalue weighted by molar-refractivity contribution is 7.89. The van der Waals surface area contributed by atoms with Crippen LogP contribution in [0.1, 0.15) is 19.4 Å². The summed E-state index contributed by atoms with van der Waals surface area (Å²) in [6.07, 6.45) is 0.904. The molecule has 5 heteroatoms. The van der Waals surface area contributed by atoms with Crippen molar-refractivity contribution in [2.75, 3.05) is 6.54 Å². The zero-order chi connectivity index (χ0) is 12.2. The fourth-order valence-corrected chi connectivity index (χ4v) is 2.56. The summed E-state index contributed by atoms with van der Waals surface area (Å²) in [6.45, 7) is 4.21. The molecule has 0 fully saturated rings. The van der Waals surface area contributed by atoms with E-state index in [1.165, 1.54) is 0 Å². The largest absolute Gasteiger partial charge is 0.240 e. The summed E-state index contributed by atoms with van der Waals surface area (Å²) in [4.78, 5) is 0.304. The molecule has 0 aliphatic rings. The lowest BCUT2D eigenvalue weighted by molar-refractivity contribution is 0.581. The van der Waals surface area contributed by atoms with E-state index in [4.69, 9.17) is 0 Å². The molecule has 0 bridgehead atoms. The van der Waals surface area contributed by atoms with Crippen LogP contribution < -0.4 is 4.72 Å². The van der Waals surface area contributed by atoms with E-state index in [-0.39, 0.29) is 5.25 Å². The second kappa shape index (κ2) is 5.70. The first-order chi connectivity index (χ1) is 7.45. The van der Waals surface area contributed by atoms with Gasteiger partial charge >= 0.3 is 0 Å². The molecule has 90 valence electrons. The zero-order valence-corrected chi connectivity index (χ0v) is 11.2. The molecule has 1 atom stereocenters. The molecular formula is C11H17NO2S2. The van der Waals surface area contributed by atoms with E-state index >= 15 is 0 Å². The number of hydrogen-bond acceptors (Lipinski definition) is 3. The van der Waals surface area contributed by atoms with Crippen LogP contribution in [0, 0.1) is 0 Å². The monoisotopic (exact) mass is 259 g/mol. The zero-order valence-electron chi connectivity index (χ0n) is 9.47. The topological polar surface area (TPSA) is 46.2 Å². The molecule has 1 unspecified atom stereocenters. The third-order valence-corrected chi connectivity index (χ3v) is 3.83. The van der Waals surface area contributed by atoms with E-state index < -0.39 is 10.0 Å². The fourth-order valence-electron chi connectivity index (χ4n) is 1.22. The van der Waals surface area contributed by atoms with Crippen LogP contribution in [-0.2, 0) is 16.4 Å². The molecule has 0 aromatic heterocycles. The lowest BCUT2D eigenvalue weighted by atomic mass is 10.2. The van der Waals surface area contributed by atoms with Crippen LogP contribution in [0.5, 0.6) is 0 Å². The first-order valence-corrected chi connectivity index (χ1v) is 7.22. The van der Waals surface area contributed by atoms with Gasteiger partial charge in [0.1, 0.15) is 0 Å². The molecule has 16 heavy (non-hydrogen) atoms. The van der Waals surface area contributed by atoms with Gasteiger partial charge in [0.2, 0.25) is 10.0 Å². The maximum absolute atomic E-state index is 11.8. The summed E-state index contributed by atoms with van der Waals surface area (Å²) < 4.78 is 26.1. The summed E-state index contributed by atoms with van der Waals surface area (Å²) >= 11 is 4.13. The summed E-state index contributed by atoms with van der Waals surface area (Å²) in [5, 5.41) is 0.00434. The molecule has 0 spiro atoms. The van der Waals surface area contributed by atoms with Gasteiger partial charge in [-0.15, -0.1) is 0 Å². The number of thiol groups is 1. The van der Waals surface area contributed by atoms with E-state index in [0.717, 1.165) is 12.0 Å². The maximum atomic E-state index is 11.8. The summed E-state index contributed by atoms with van der Waals surface area (Å²) in [6, 6.07) is 6.92. The predicted molar refractivity (Wildman–Crippen MR) is 69.5 cm³/mol. The van der Waals surface area contributed by atoms with Gasteiger partial charge in [0.25, 0.3) is 0 Å². The first kappa shape index (κ1) is 13.5. The maximum Gasteiger partial charge on any atom is 0.240 e. The molecule has 0 aliphatic heterocycles. The van der Waals surface area contributed by atoms with Gasteiger partial charge in [0.05, 0.1) is 4.90 Å².